The summed E-state index contributed by atoms with van der Waals surface area (Å²) in [5, 5.41) is 22.4. The average molecular weight is 335 g/mol. The number of benzene rings is 1. The number of ether oxygens (including phenoxy) is 1. The first-order valence-electron chi connectivity index (χ1n) is 8.34. The molecule has 132 valence electrons. The van der Waals surface area contributed by atoms with Crippen LogP contribution in [-0.2, 0) is 4.74 Å². The number of hydrogen-bond donors (Lipinski definition) is 3. The van der Waals surface area contributed by atoms with Crippen molar-refractivity contribution in [1.82, 2.24) is 10.2 Å². The molecule has 1 unspecified atom stereocenters. The maximum Gasteiger partial charge on any atom is 0.413 e. The number of para-hydroxylation sites is 1. The van der Waals surface area contributed by atoms with Gasteiger partial charge in [0.25, 0.3) is 0 Å². The van der Waals surface area contributed by atoms with E-state index in [1.807, 2.05) is 11.8 Å². The predicted octanol–water partition coefficient (Wildman–Crippen LogP) is 2.75. The van der Waals surface area contributed by atoms with Crippen molar-refractivity contribution < 1.29 is 19.7 Å². The number of nitrogens with one attached hydrogen (secondary N) is 1. The molecular weight excluding hydrogens is 310 g/mol. The number of aromatic hydroxyl groups is 2. The van der Waals surface area contributed by atoms with Crippen LogP contribution in [0.2, 0.25) is 0 Å². The van der Waals surface area contributed by atoms with E-state index in [9.17, 15) is 15.0 Å². The zero-order chi connectivity index (χ0) is 17.5. The van der Waals surface area contributed by atoms with E-state index in [1.165, 1.54) is 6.07 Å². The number of nitrogens with zero attached hydrogens (tertiary/aromatic N) is 2. The standard InChI is InChI=1S/C17H25N3O4/c1-3-5-6-10-24-17(23)19-16-18-11-13(20(16)4-2)12-8-7-9-14(21)15(12)22/h7-9,13,21-22H,3-6,10-11H2,1-2H3,(H,18,19,23). The number of phenolic OH excluding ortho intramolecular Hbond substituents is 2. The van der Waals surface area contributed by atoms with Gasteiger partial charge in [0.05, 0.1) is 19.2 Å². The molecule has 1 aromatic carbocycles. The van der Waals surface area contributed by atoms with Gasteiger partial charge in [-0.1, -0.05) is 31.9 Å². The molecule has 1 heterocycles. The van der Waals surface area contributed by atoms with Gasteiger partial charge in [0.1, 0.15) is 0 Å². The van der Waals surface area contributed by atoms with Crippen LogP contribution in [0.25, 0.3) is 0 Å². The molecule has 7 heteroatoms. The van der Waals surface area contributed by atoms with Crippen LogP contribution in [0.5, 0.6) is 11.5 Å². The smallest absolute Gasteiger partial charge is 0.413 e. The monoisotopic (exact) mass is 335 g/mol. The molecular formula is C17H25N3O4. The number of amides is 1. The van der Waals surface area contributed by atoms with Gasteiger partial charge in [-0.05, 0) is 19.4 Å². The number of guanidine groups is 1. The first kappa shape index (κ1) is 17.9. The summed E-state index contributed by atoms with van der Waals surface area (Å²) in [5.74, 6) is 0.102. The fraction of sp³-hybridized carbons (Fsp3) is 0.529. The van der Waals surface area contributed by atoms with E-state index < -0.39 is 6.09 Å². The molecule has 0 aromatic heterocycles. The number of carbonyl (C=O) groups excluding carboxylic acids is 1. The summed E-state index contributed by atoms with van der Waals surface area (Å²) in [6.45, 7) is 5.38. The quantitative estimate of drug-likeness (QED) is 0.549. The number of carbonyl (C=O) groups is 1. The zero-order valence-electron chi connectivity index (χ0n) is 14.2. The first-order valence-corrected chi connectivity index (χ1v) is 8.34. The lowest BCUT2D eigenvalue weighted by molar-refractivity contribution is 0.148. The molecule has 0 fully saturated rings. The Morgan fingerprint density at radius 2 is 2.17 bits per heavy atom. The Hall–Kier alpha value is -2.44. The number of phenols is 2. The number of rotatable bonds is 6. The molecule has 0 spiro atoms. The second-order valence-electron chi connectivity index (χ2n) is 5.65. The second-order valence-corrected chi connectivity index (χ2v) is 5.65. The van der Waals surface area contributed by atoms with Crippen LogP contribution in [0.15, 0.2) is 23.2 Å². The van der Waals surface area contributed by atoms with Crippen molar-refractivity contribution in [2.75, 3.05) is 19.7 Å². The van der Waals surface area contributed by atoms with Crippen molar-refractivity contribution in [2.45, 2.75) is 39.2 Å². The molecule has 7 nitrogen and oxygen atoms in total. The summed E-state index contributed by atoms with van der Waals surface area (Å²) in [5.41, 5.74) is 0.578. The van der Waals surface area contributed by atoms with Gasteiger partial charge in [-0.2, -0.15) is 0 Å². The highest BCUT2D eigenvalue weighted by molar-refractivity contribution is 5.95. The third-order valence-corrected chi connectivity index (χ3v) is 4.00. The molecule has 0 saturated carbocycles. The van der Waals surface area contributed by atoms with Crippen LogP contribution in [0.1, 0.15) is 44.7 Å². The van der Waals surface area contributed by atoms with E-state index in [0.717, 1.165) is 19.3 Å². The fourth-order valence-corrected chi connectivity index (χ4v) is 2.72. The molecule has 0 bridgehead atoms. The summed E-state index contributed by atoms with van der Waals surface area (Å²) in [6.07, 6.45) is 2.40. The molecule has 24 heavy (non-hydrogen) atoms. The van der Waals surface area contributed by atoms with Gasteiger partial charge in [-0.15, -0.1) is 0 Å². The van der Waals surface area contributed by atoms with Gasteiger partial charge >= 0.3 is 6.09 Å². The minimum absolute atomic E-state index is 0.153. The van der Waals surface area contributed by atoms with Gasteiger partial charge in [-0.25, -0.2) is 4.79 Å². The molecule has 2 rings (SSSR count). The van der Waals surface area contributed by atoms with Crippen molar-refractivity contribution in [2.24, 2.45) is 4.99 Å². The minimum Gasteiger partial charge on any atom is -0.504 e. The number of aliphatic imine (C=N–C) groups is 1. The minimum atomic E-state index is -0.524. The van der Waals surface area contributed by atoms with Crippen molar-refractivity contribution >= 4 is 12.1 Å². The Balaban J connectivity index is 1.98. The third-order valence-electron chi connectivity index (χ3n) is 4.00. The van der Waals surface area contributed by atoms with Crippen molar-refractivity contribution in [3.8, 4) is 11.5 Å². The van der Waals surface area contributed by atoms with Crippen LogP contribution in [0, 0.1) is 0 Å². The predicted molar refractivity (Wildman–Crippen MR) is 91.2 cm³/mol. The number of alkyl carbamates (subject to hydrolysis) is 1. The van der Waals surface area contributed by atoms with E-state index in [0.29, 0.717) is 31.2 Å². The van der Waals surface area contributed by atoms with Gasteiger partial charge in [0, 0.05) is 12.1 Å². The highest BCUT2D eigenvalue weighted by Gasteiger charge is 2.31. The van der Waals surface area contributed by atoms with Gasteiger partial charge < -0.3 is 19.8 Å². The largest absolute Gasteiger partial charge is 0.504 e. The second kappa shape index (κ2) is 8.42. The van der Waals surface area contributed by atoms with Gasteiger partial charge in [0.15, 0.2) is 11.5 Å². The SMILES string of the molecule is CCCCCOC(=O)NC1=NCC(c2cccc(O)c2O)N1CC. The van der Waals surface area contributed by atoms with Crippen LogP contribution in [0.4, 0.5) is 4.79 Å². The molecule has 3 N–H and O–H groups in total. The van der Waals surface area contributed by atoms with Crippen LogP contribution < -0.4 is 5.32 Å². The number of likely N-dealkylation sites (N-methyl/N-ethyl adjacent to an activating group) is 1. The fourth-order valence-electron chi connectivity index (χ4n) is 2.72. The van der Waals surface area contributed by atoms with Crippen molar-refractivity contribution in [1.29, 1.82) is 0 Å². The van der Waals surface area contributed by atoms with E-state index in [4.69, 9.17) is 4.74 Å². The summed E-state index contributed by atoms with van der Waals surface area (Å²) < 4.78 is 5.14. The molecule has 0 radical (unpaired) electrons. The summed E-state index contributed by atoms with van der Waals surface area (Å²) >= 11 is 0. The Morgan fingerprint density at radius 3 is 2.88 bits per heavy atom. The molecule has 1 aliphatic heterocycles. The molecule has 0 saturated heterocycles. The van der Waals surface area contributed by atoms with Gasteiger partial charge in [0.2, 0.25) is 5.96 Å². The molecule has 0 aliphatic carbocycles. The Bertz CT molecular complexity index is 603. The number of unbranched alkanes of at least 4 members (excludes halogenated alkanes) is 2. The maximum absolute atomic E-state index is 11.9. The molecule has 1 amide bonds. The van der Waals surface area contributed by atoms with E-state index >= 15 is 0 Å². The zero-order valence-corrected chi connectivity index (χ0v) is 14.2. The molecule has 1 aliphatic rings. The number of hydrogen-bond acceptors (Lipinski definition) is 6. The first-order chi connectivity index (χ1) is 11.6. The normalized spacial score (nSPS) is 16.8. The lowest BCUT2D eigenvalue weighted by Gasteiger charge is -2.27. The summed E-state index contributed by atoms with van der Waals surface area (Å²) in [7, 11) is 0. The highest BCUT2D eigenvalue weighted by Crippen LogP contribution is 2.37. The topological polar surface area (TPSA) is 94.4 Å². The summed E-state index contributed by atoms with van der Waals surface area (Å²) in [6, 6.07) is 4.60. The van der Waals surface area contributed by atoms with Crippen LogP contribution >= 0.6 is 0 Å². The lowest BCUT2D eigenvalue weighted by atomic mass is 10.0. The molecule has 1 aromatic rings. The average Bonchev–Trinajstić information content (AvgIpc) is 2.96. The highest BCUT2D eigenvalue weighted by atomic mass is 16.5. The Kier molecular flexibility index (Phi) is 6.28. The van der Waals surface area contributed by atoms with E-state index in [-0.39, 0.29) is 17.5 Å². The van der Waals surface area contributed by atoms with Crippen molar-refractivity contribution in [3.63, 3.8) is 0 Å². The Labute approximate surface area is 142 Å². The summed E-state index contributed by atoms with van der Waals surface area (Å²) in [4.78, 5) is 18.1. The maximum atomic E-state index is 11.9. The van der Waals surface area contributed by atoms with Crippen molar-refractivity contribution in [3.05, 3.63) is 23.8 Å². The lowest BCUT2D eigenvalue weighted by Crippen LogP contribution is -2.42. The van der Waals surface area contributed by atoms with Crippen LogP contribution in [0.3, 0.4) is 0 Å². The van der Waals surface area contributed by atoms with E-state index in [2.05, 4.69) is 17.2 Å². The molecule has 1 atom stereocenters. The van der Waals surface area contributed by atoms with Crippen LogP contribution in [-0.4, -0.2) is 46.9 Å². The van der Waals surface area contributed by atoms with E-state index in [1.54, 1.807) is 12.1 Å². The van der Waals surface area contributed by atoms with Gasteiger partial charge in [-0.3, -0.25) is 10.3 Å². The third kappa shape index (κ3) is 4.10. The Morgan fingerprint density at radius 1 is 1.38 bits per heavy atom.